The molecule has 2 atom stereocenters. The quantitative estimate of drug-likeness (QED) is 0.804. The number of nitriles is 1. The second kappa shape index (κ2) is 5.83. The van der Waals surface area contributed by atoms with Gasteiger partial charge < -0.3 is 9.64 Å². The number of hydrogen-bond acceptors (Lipinski definition) is 3. The molecule has 2 aromatic carbocycles. The molecule has 1 aliphatic heterocycles. The molecule has 1 saturated heterocycles. The largest absolute Gasteiger partial charge is 0.449 e. The molecule has 122 valence electrons. The average Bonchev–Trinajstić information content (AvgIpc) is 3.19. The molecule has 4 rings (SSSR count). The Labute approximate surface area is 141 Å². The van der Waals surface area contributed by atoms with Crippen LogP contribution in [0.25, 0.3) is 10.8 Å². The molecule has 0 spiro atoms. The number of benzene rings is 2. The molecule has 0 bridgehead atoms. The first-order chi connectivity index (χ1) is 11.7. The minimum atomic E-state index is -0.236. The third-order valence-electron chi connectivity index (χ3n) is 5.39. The van der Waals surface area contributed by atoms with Crippen LogP contribution in [0.15, 0.2) is 42.5 Å². The van der Waals surface area contributed by atoms with Gasteiger partial charge in [0.2, 0.25) is 0 Å². The Balaban J connectivity index is 1.45. The third kappa shape index (κ3) is 2.50. The van der Waals surface area contributed by atoms with Gasteiger partial charge in [0.05, 0.1) is 12.7 Å². The number of hydrogen-bond donors (Lipinski definition) is 0. The van der Waals surface area contributed by atoms with Crippen molar-refractivity contribution < 1.29 is 9.53 Å². The van der Waals surface area contributed by atoms with Crippen molar-refractivity contribution in [3.05, 3.63) is 48.0 Å². The number of fused-ring (bicyclic) bond motifs is 2. The summed E-state index contributed by atoms with van der Waals surface area (Å²) < 4.78 is 5.28. The van der Waals surface area contributed by atoms with Crippen molar-refractivity contribution >= 4 is 16.9 Å². The molecule has 1 amide bonds. The topological polar surface area (TPSA) is 53.3 Å². The minimum Gasteiger partial charge on any atom is -0.449 e. The highest BCUT2D eigenvalue weighted by Crippen LogP contribution is 2.59. The van der Waals surface area contributed by atoms with Gasteiger partial charge in [-0.15, -0.1) is 0 Å². The molecule has 0 radical (unpaired) electrons. The van der Waals surface area contributed by atoms with Gasteiger partial charge in [0.25, 0.3) is 0 Å². The molecule has 1 saturated carbocycles. The lowest BCUT2D eigenvalue weighted by Crippen LogP contribution is -2.33. The summed E-state index contributed by atoms with van der Waals surface area (Å²) in [7, 11) is 0. The van der Waals surface area contributed by atoms with Gasteiger partial charge in [-0.3, -0.25) is 0 Å². The summed E-state index contributed by atoms with van der Waals surface area (Å²) in [5, 5.41) is 11.0. The zero-order valence-corrected chi connectivity index (χ0v) is 13.6. The summed E-state index contributed by atoms with van der Waals surface area (Å²) in [6.45, 7) is 1.85. The highest BCUT2D eigenvalue weighted by atomic mass is 16.6. The number of amides is 1. The van der Waals surface area contributed by atoms with Gasteiger partial charge in [-0.05, 0) is 35.1 Å². The van der Waals surface area contributed by atoms with Gasteiger partial charge in [-0.1, -0.05) is 42.5 Å². The number of piperidine rings is 1. The predicted octanol–water partition coefficient (Wildman–Crippen LogP) is 3.85. The summed E-state index contributed by atoms with van der Waals surface area (Å²) in [6, 6.07) is 17.1. The van der Waals surface area contributed by atoms with Gasteiger partial charge in [0, 0.05) is 24.9 Å². The van der Waals surface area contributed by atoms with Crippen LogP contribution in [0.1, 0.15) is 24.8 Å². The molecule has 2 aliphatic rings. The maximum Gasteiger partial charge on any atom is 0.409 e. The highest BCUT2D eigenvalue weighted by Gasteiger charge is 2.61. The Kier molecular flexibility index (Phi) is 3.65. The summed E-state index contributed by atoms with van der Waals surface area (Å²) in [5.74, 6) is 0.547. The molecule has 1 aliphatic carbocycles. The van der Waals surface area contributed by atoms with Crippen LogP contribution in [0.2, 0.25) is 0 Å². The molecule has 24 heavy (non-hydrogen) atoms. The third-order valence-corrected chi connectivity index (χ3v) is 5.39. The molecule has 2 aromatic rings. The smallest absolute Gasteiger partial charge is 0.409 e. The van der Waals surface area contributed by atoms with Crippen LogP contribution < -0.4 is 0 Å². The van der Waals surface area contributed by atoms with E-state index in [0.717, 1.165) is 19.5 Å². The summed E-state index contributed by atoms with van der Waals surface area (Å²) in [4.78, 5) is 14.0. The highest BCUT2D eigenvalue weighted by molar-refractivity contribution is 5.83. The van der Waals surface area contributed by atoms with Crippen LogP contribution >= 0.6 is 0 Å². The number of unbranched alkanes of at least 4 members (excludes halogenated alkanes) is 1. The van der Waals surface area contributed by atoms with E-state index in [-0.39, 0.29) is 11.5 Å². The second-order valence-corrected chi connectivity index (χ2v) is 6.88. The van der Waals surface area contributed by atoms with E-state index in [2.05, 4.69) is 48.5 Å². The Morgan fingerprint density at radius 2 is 2.12 bits per heavy atom. The van der Waals surface area contributed by atoms with Crippen molar-refractivity contribution in [1.29, 1.82) is 5.26 Å². The maximum absolute atomic E-state index is 12.2. The molecule has 0 aromatic heterocycles. The van der Waals surface area contributed by atoms with Crippen LogP contribution in [0.3, 0.4) is 0 Å². The summed E-state index contributed by atoms with van der Waals surface area (Å²) >= 11 is 0. The monoisotopic (exact) mass is 320 g/mol. The van der Waals surface area contributed by atoms with E-state index < -0.39 is 0 Å². The standard InChI is InChI=1S/C20H20N2O2/c21-9-3-4-10-24-19(23)22-13-18-12-20(18,14-22)17-8-7-15-5-1-2-6-16(15)11-17/h1-2,5-8,11,18H,3-4,10,12-14H2/t18-,20+/m1/s1. The normalized spacial score (nSPS) is 24.5. The van der Waals surface area contributed by atoms with Crippen LogP contribution in [0.4, 0.5) is 4.79 Å². The summed E-state index contributed by atoms with van der Waals surface area (Å²) in [6.07, 6.45) is 1.95. The number of likely N-dealkylation sites (tertiary alicyclic amines) is 1. The van der Waals surface area contributed by atoms with E-state index in [0.29, 0.717) is 25.4 Å². The van der Waals surface area contributed by atoms with Crippen LogP contribution in [0.5, 0.6) is 0 Å². The first-order valence-electron chi connectivity index (χ1n) is 8.51. The fraction of sp³-hybridized carbons (Fsp3) is 0.400. The van der Waals surface area contributed by atoms with Gasteiger partial charge in [-0.2, -0.15) is 5.26 Å². The Bertz CT molecular complexity index is 826. The number of carbonyl (C=O) groups is 1. The molecule has 1 heterocycles. The Morgan fingerprint density at radius 3 is 2.96 bits per heavy atom. The lowest BCUT2D eigenvalue weighted by molar-refractivity contribution is 0.105. The molecule has 0 unspecified atom stereocenters. The van der Waals surface area contributed by atoms with E-state index in [1.54, 1.807) is 0 Å². The fourth-order valence-corrected chi connectivity index (χ4v) is 3.97. The zero-order chi connectivity index (χ0) is 16.6. The SMILES string of the molecule is N#CCCCOC(=O)N1C[C@H]2C[C@@]2(c2ccc3ccccc3c2)C1. The molecule has 2 fully saturated rings. The van der Waals surface area contributed by atoms with E-state index in [4.69, 9.17) is 10.00 Å². The number of ether oxygens (including phenoxy) is 1. The van der Waals surface area contributed by atoms with Crippen molar-refractivity contribution in [2.45, 2.75) is 24.7 Å². The Morgan fingerprint density at radius 1 is 1.29 bits per heavy atom. The first-order valence-corrected chi connectivity index (χ1v) is 8.51. The van der Waals surface area contributed by atoms with Crippen LogP contribution in [0, 0.1) is 17.2 Å². The molecule has 4 nitrogen and oxygen atoms in total. The van der Waals surface area contributed by atoms with Gasteiger partial charge in [0.15, 0.2) is 0 Å². The van der Waals surface area contributed by atoms with Gasteiger partial charge in [0.1, 0.15) is 0 Å². The van der Waals surface area contributed by atoms with E-state index in [1.807, 2.05) is 4.90 Å². The van der Waals surface area contributed by atoms with Crippen LogP contribution in [-0.2, 0) is 10.2 Å². The zero-order valence-electron chi connectivity index (χ0n) is 13.6. The molecule has 0 N–H and O–H groups in total. The number of rotatable bonds is 4. The fourth-order valence-electron chi connectivity index (χ4n) is 3.97. The molecule has 4 heteroatoms. The maximum atomic E-state index is 12.2. The first kappa shape index (κ1) is 15.0. The van der Waals surface area contributed by atoms with E-state index in [1.165, 1.54) is 16.3 Å². The van der Waals surface area contributed by atoms with Crippen molar-refractivity contribution in [3.8, 4) is 6.07 Å². The minimum absolute atomic E-state index is 0.121. The lowest BCUT2D eigenvalue weighted by atomic mass is 9.93. The van der Waals surface area contributed by atoms with Crippen molar-refractivity contribution in [1.82, 2.24) is 4.90 Å². The van der Waals surface area contributed by atoms with Crippen molar-refractivity contribution in [3.63, 3.8) is 0 Å². The van der Waals surface area contributed by atoms with Crippen LogP contribution in [-0.4, -0.2) is 30.7 Å². The van der Waals surface area contributed by atoms with Gasteiger partial charge >= 0.3 is 6.09 Å². The number of nitrogens with zero attached hydrogens (tertiary/aromatic N) is 2. The van der Waals surface area contributed by atoms with E-state index in [9.17, 15) is 4.79 Å². The van der Waals surface area contributed by atoms with Crippen molar-refractivity contribution in [2.24, 2.45) is 5.92 Å². The lowest BCUT2D eigenvalue weighted by Gasteiger charge is -2.21. The van der Waals surface area contributed by atoms with Gasteiger partial charge in [-0.25, -0.2) is 4.79 Å². The summed E-state index contributed by atoms with van der Waals surface area (Å²) in [5.41, 5.74) is 1.46. The average molecular weight is 320 g/mol. The number of carbonyl (C=O) groups excluding carboxylic acids is 1. The molecular formula is C20H20N2O2. The van der Waals surface area contributed by atoms with E-state index >= 15 is 0 Å². The Hall–Kier alpha value is -2.54. The predicted molar refractivity (Wildman–Crippen MR) is 91.5 cm³/mol. The molecular weight excluding hydrogens is 300 g/mol. The second-order valence-electron chi connectivity index (χ2n) is 6.88. The van der Waals surface area contributed by atoms with Crippen molar-refractivity contribution in [2.75, 3.05) is 19.7 Å².